The second kappa shape index (κ2) is 9.67. The topological polar surface area (TPSA) is 63.2 Å². The predicted molar refractivity (Wildman–Crippen MR) is 102 cm³/mol. The van der Waals surface area contributed by atoms with Crippen LogP contribution in [0, 0.1) is 0 Å². The van der Waals surface area contributed by atoms with Gasteiger partial charge in [0.05, 0.1) is 18.0 Å². The van der Waals surface area contributed by atoms with Crippen molar-refractivity contribution in [3.63, 3.8) is 0 Å². The Kier molecular flexibility index (Phi) is 7.26. The molecule has 5 heteroatoms. The number of nitrogens with one attached hydrogen (secondary N) is 2. The summed E-state index contributed by atoms with van der Waals surface area (Å²) >= 11 is 0. The third-order valence-corrected chi connectivity index (χ3v) is 3.58. The lowest BCUT2D eigenvalue weighted by Crippen LogP contribution is -2.25. The highest BCUT2D eigenvalue weighted by molar-refractivity contribution is 5.92. The highest BCUT2D eigenvalue weighted by Gasteiger charge is 2.06. The molecule has 2 rings (SSSR count). The molecule has 0 fully saturated rings. The molecule has 1 amide bonds. The zero-order valence-electron chi connectivity index (χ0n) is 15.2. The largest absolute Gasteiger partial charge is 0.491 e. The highest BCUT2D eigenvalue weighted by atomic mass is 16.5. The molecule has 0 bridgehead atoms. The summed E-state index contributed by atoms with van der Waals surface area (Å²) in [7, 11) is 0. The van der Waals surface area contributed by atoms with E-state index in [-0.39, 0.29) is 12.0 Å². The molecule has 0 unspecified atom stereocenters. The second-order valence-corrected chi connectivity index (χ2v) is 6.21. The first kappa shape index (κ1) is 18.8. The Bertz CT molecular complexity index is 652. The van der Waals surface area contributed by atoms with E-state index < -0.39 is 0 Å². The first-order valence-electron chi connectivity index (χ1n) is 8.86. The van der Waals surface area contributed by atoms with E-state index in [1.807, 2.05) is 44.2 Å². The zero-order valence-corrected chi connectivity index (χ0v) is 15.2. The summed E-state index contributed by atoms with van der Waals surface area (Å²) in [6, 6.07) is 11.3. The molecule has 2 aromatic rings. The zero-order chi connectivity index (χ0) is 18.1. The fourth-order valence-corrected chi connectivity index (χ4v) is 2.33. The Labute approximate surface area is 149 Å². The molecule has 0 spiro atoms. The van der Waals surface area contributed by atoms with E-state index in [4.69, 9.17) is 4.74 Å². The van der Waals surface area contributed by atoms with Crippen LogP contribution in [-0.2, 0) is 0 Å². The van der Waals surface area contributed by atoms with Gasteiger partial charge in [-0.25, -0.2) is 4.98 Å². The summed E-state index contributed by atoms with van der Waals surface area (Å²) < 4.78 is 5.62. The SMILES string of the molecule is CCCCCNC(=O)c1ccc(Nc2ccc(OC(C)C)cc2)cn1. The molecule has 1 heterocycles. The Balaban J connectivity index is 1.88. The van der Waals surface area contributed by atoms with Gasteiger partial charge < -0.3 is 15.4 Å². The van der Waals surface area contributed by atoms with E-state index in [1.54, 1.807) is 12.3 Å². The molecule has 0 saturated heterocycles. The maximum Gasteiger partial charge on any atom is 0.269 e. The maximum atomic E-state index is 12.0. The Hall–Kier alpha value is -2.56. The molecule has 1 aromatic heterocycles. The predicted octanol–water partition coefficient (Wildman–Crippen LogP) is 4.53. The summed E-state index contributed by atoms with van der Waals surface area (Å²) in [5, 5.41) is 6.15. The summed E-state index contributed by atoms with van der Waals surface area (Å²) in [6.45, 7) is 6.83. The minimum absolute atomic E-state index is 0.127. The molecular formula is C20H27N3O2. The summed E-state index contributed by atoms with van der Waals surface area (Å²) in [5.74, 6) is 0.714. The van der Waals surface area contributed by atoms with Crippen molar-refractivity contribution in [2.75, 3.05) is 11.9 Å². The van der Waals surface area contributed by atoms with Crippen LogP contribution >= 0.6 is 0 Å². The number of benzene rings is 1. The number of hydrogen-bond acceptors (Lipinski definition) is 4. The van der Waals surface area contributed by atoms with Crippen LogP contribution in [0.1, 0.15) is 50.5 Å². The minimum atomic E-state index is -0.127. The number of rotatable bonds is 9. The Morgan fingerprint density at radius 1 is 1.08 bits per heavy atom. The lowest BCUT2D eigenvalue weighted by molar-refractivity contribution is 0.0948. The summed E-state index contributed by atoms with van der Waals surface area (Å²) in [6.07, 6.45) is 5.08. The standard InChI is InChI=1S/C20H27N3O2/c1-4-5-6-13-21-20(24)19-12-9-17(14-22-19)23-16-7-10-18(11-8-16)25-15(2)3/h7-12,14-15,23H,4-6,13H2,1-3H3,(H,21,24). The number of unbranched alkanes of at least 4 members (excludes halogenated alkanes) is 2. The fourth-order valence-electron chi connectivity index (χ4n) is 2.33. The molecule has 0 radical (unpaired) electrons. The number of carbonyl (C=O) groups is 1. The number of carbonyl (C=O) groups excluding carboxylic acids is 1. The van der Waals surface area contributed by atoms with Crippen molar-refractivity contribution in [1.82, 2.24) is 10.3 Å². The fraction of sp³-hybridized carbons (Fsp3) is 0.400. The van der Waals surface area contributed by atoms with Gasteiger partial charge in [-0.05, 0) is 56.7 Å². The molecule has 1 aromatic carbocycles. The van der Waals surface area contributed by atoms with Crippen molar-refractivity contribution >= 4 is 17.3 Å². The van der Waals surface area contributed by atoms with Gasteiger partial charge in [0.25, 0.3) is 5.91 Å². The van der Waals surface area contributed by atoms with Crippen LogP contribution in [0.4, 0.5) is 11.4 Å². The van der Waals surface area contributed by atoms with Crippen LogP contribution in [-0.4, -0.2) is 23.5 Å². The highest BCUT2D eigenvalue weighted by Crippen LogP contribution is 2.20. The molecule has 25 heavy (non-hydrogen) atoms. The summed E-state index contributed by atoms with van der Waals surface area (Å²) in [5.41, 5.74) is 2.21. The van der Waals surface area contributed by atoms with Gasteiger partial charge in [-0.2, -0.15) is 0 Å². The van der Waals surface area contributed by atoms with Crippen molar-refractivity contribution in [1.29, 1.82) is 0 Å². The van der Waals surface area contributed by atoms with Gasteiger partial charge in [-0.1, -0.05) is 19.8 Å². The van der Waals surface area contributed by atoms with E-state index >= 15 is 0 Å². The van der Waals surface area contributed by atoms with Crippen molar-refractivity contribution in [2.45, 2.75) is 46.1 Å². The van der Waals surface area contributed by atoms with Gasteiger partial charge in [0.2, 0.25) is 0 Å². The Morgan fingerprint density at radius 2 is 1.80 bits per heavy atom. The minimum Gasteiger partial charge on any atom is -0.491 e. The molecule has 0 aliphatic carbocycles. The van der Waals surface area contributed by atoms with E-state index in [2.05, 4.69) is 22.5 Å². The normalized spacial score (nSPS) is 10.6. The smallest absolute Gasteiger partial charge is 0.269 e. The van der Waals surface area contributed by atoms with Gasteiger partial charge in [-0.3, -0.25) is 4.79 Å². The van der Waals surface area contributed by atoms with Crippen molar-refractivity contribution < 1.29 is 9.53 Å². The molecule has 0 aliphatic heterocycles. The van der Waals surface area contributed by atoms with Crippen LogP contribution in [0.15, 0.2) is 42.6 Å². The molecular weight excluding hydrogens is 314 g/mol. The third-order valence-electron chi connectivity index (χ3n) is 3.58. The van der Waals surface area contributed by atoms with Gasteiger partial charge in [-0.15, -0.1) is 0 Å². The van der Waals surface area contributed by atoms with Crippen molar-refractivity contribution in [3.05, 3.63) is 48.3 Å². The van der Waals surface area contributed by atoms with Crippen molar-refractivity contribution in [3.8, 4) is 5.75 Å². The number of anilines is 2. The van der Waals surface area contributed by atoms with Gasteiger partial charge in [0, 0.05) is 12.2 Å². The van der Waals surface area contributed by atoms with Crippen LogP contribution in [0.25, 0.3) is 0 Å². The third kappa shape index (κ3) is 6.45. The second-order valence-electron chi connectivity index (χ2n) is 6.21. The van der Waals surface area contributed by atoms with Crippen LogP contribution in [0.5, 0.6) is 5.75 Å². The number of hydrogen-bond donors (Lipinski definition) is 2. The molecule has 0 atom stereocenters. The van der Waals surface area contributed by atoms with Gasteiger partial charge in [0.1, 0.15) is 11.4 Å². The average Bonchev–Trinajstić information content (AvgIpc) is 2.60. The number of pyridine rings is 1. The Morgan fingerprint density at radius 3 is 2.40 bits per heavy atom. The molecule has 5 nitrogen and oxygen atoms in total. The lowest BCUT2D eigenvalue weighted by atomic mass is 10.2. The van der Waals surface area contributed by atoms with Gasteiger partial charge in [0.15, 0.2) is 0 Å². The van der Waals surface area contributed by atoms with Gasteiger partial charge >= 0.3 is 0 Å². The molecule has 0 saturated carbocycles. The summed E-state index contributed by atoms with van der Waals surface area (Å²) in [4.78, 5) is 16.2. The van der Waals surface area contributed by atoms with E-state index in [0.717, 1.165) is 36.4 Å². The molecule has 2 N–H and O–H groups in total. The van der Waals surface area contributed by atoms with E-state index in [0.29, 0.717) is 12.2 Å². The monoisotopic (exact) mass is 341 g/mol. The van der Waals surface area contributed by atoms with Crippen molar-refractivity contribution in [2.24, 2.45) is 0 Å². The van der Waals surface area contributed by atoms with E-state index in [9.17, 15) is 4.79 Å². The quantitative estimate of drug-likeness (QED) is 0.658. The molecule has 134 valence electrons. The van der Waals surface area contributed by atoms with E-state index in [1.165, 1.54) is 0 Å². The first-order chi connectivity index (χ1) is 12.1. The first-order valence-corrected chi connectivity index (χ1v) is 8.86. The number of nitrogens with zero attached hydrogens (tertiary/aromatic N) is 1. The van der Waals surface area contributed by atoms with Crippen LogP contribution in [0.3, 0.4) is 0 Å². The number of ether oxygens (including phenoxy) is 1. The lowest BCUT2D eigenvalue weighted by Gasteiger charge is -2.11. The number of aromatic nitrogens is 1. The molecule has 0 aliphatic rings. The number of amides is 1. The average molecular weight is 341 g/mol. The van der Waals surface area contributed by atoms with Crippen LogP contribution < -0.4 is 15.4 Å². The van der Waals surface area contributed by atoms with Crippen LogP contribution in [0.2, 0.25) is 0 Å². The maximum absolute atomic E-state index is 12.0.